The number of amides is 1. The van der Waals surface area contributed by atoms with Crippen LogP contribution in [0.3, 0.4) is 0 Å². The lowest BCUT2D eigenvalue weighted by Gasteiger charge is -2.17. The van der Waals surface area contributed by atoms with Crippen LogP contribution in [0.15, 0.2) is 4.79 Å². The molecule has 21 heavy (non-hydrogen) atoms. The molecule has 1 aliphatic rings. The fourth-order valence-corrected chi connectivity index (χ4v) is 2.77. The van der Waals surface area contributed by atoms with Crippen LogP contribution in [-0.4, -0.2) is 44.9 Å². The van der Waals surface area contributed by atoms with Crippen molar-refractivity contribution < 1.29 is 14.7 Å². The van der Waals surface area contributed by atoms with Crippen LogP contribution in [0.2, 0.25) is 0 Å². The lowest BCUT2D eigenvalue weighted by atomic mass is 9.99. The molecule has 114 valence electrons. The molecule has 2 unspecified atom stereocenters. The summed E-state index contributed by atoms with van der Waals surface area (Å²) in [4.78, 5) is 42.6. The summed E-state index contributed by atoms with van der Waals surface area (Å²) in [7, 11) is 0. The van der Waals surface area contributed by atoms with E-state index in [9.17, 15) is 14.4 Å². The summed E-state index contributed by atoms with van der Waals surface area (Å²) >= 11 is 0. The van der Waals surface area contributed by atoms with Crippen molar-refractivity contribution in [2.75, 3.05) is 13.1 Å². The van der Waals surface area contributed by atoms with Gasteiger partial charge in [-0.2, -0.15) is 4.98 Å². The average molecular weight is 293 g/mol. The zero-order valence-corrected chi connectivity index (χ0v) is 12.3. The molecule has 2 N–H and O–H groups in total. The van der Waals surface area contributed by atoms with Crippen LogP contribution in [0.4, 0.5) is 0 Å². The number of carboxylic acid groups (broad SMARTS) is 1. The number of rotatable bonds is 3. The number of carbonyl (C=O) groups excluding carboxylic acids is 1. The molecule has 2 atom stereocenters. The van der Waals surface area contributed by atoms with E-state index in [2.05, 4.69) is 9.97 Å². The highest BCUT2D eigenvalue weighted by Gasteiger charge is 2.36. The molecule has 0 aliphatic carbocycles. The first-order chi connectivity index (χ1) is 9.79. The molecule has 2 rings (SSSR count). The maximum Gasteiger partial charge on any atom is 0.345 e. The number of aromatic amines is 1. The van der Waals surface area contributed by atoms with Crippen molar-refractivity contribution >= 4 is 11.9 Å². The third-order valence-electron chi connectivity index (χ3n) is 4.06. The molecule has 1 amide bonds. The van der Waals surface area contributed by atoms with Crippen molar-refractivity contribution in [3.63, 3.8) is 0 Å². The Morgan fingerprint density at radius 3 is 2.57 bits per heavy atom. The molecule has 1 aliphatic heterocycles. The lowest BCUT2D eigenvalue weighted by Crippen LogP contribution is -2.32. The Labute approximate surface area is 122 Å². The van der Waals surface area contributed by atoms with E-state index in [1.165, 1.54) is 0 Å². The van der Waals surface area contributed by atoms with E-state index < -0.39 is 17.6 Å². The Bertz CT molecular complexity index is 611. The van der Waals surface area contributed by atoms with Crippen molar-refractivity contribution in [2.45, 2.75) is 27.2 Å². The highest BCUT2D eigenvalue weighted by Crippen LogP contribution is 2.24. The number of aryl methyl sites for hydroxylation is 2. The van der Waals surface area contributed by atoms with E-state index in [0.29, 0.717) is 23.5 Å². The quantitative estimate of drug-likeness (QED) is 0.823. The van der Waals surface area contributed by atoms with Gasteiger partial charge in [-0.25, -0.2) is 4.79 Å². The van der Waals surface area contributed by atoms with Crippen molar-refractivity contribution in [1.29, 1.82) is 0 Å². The Balaban J connectivity index is 2.13. The average Bonchev–Trinajstić information content (AvgIpc) is 2.75. The third-order valence-corrected chi connectivity index (χ3v) is 4.06. The number of aromatic nitrogens is 2. The minimum atomic E-state index is -0.865. The van der Waals surface area contributed by atoms with Gasteiger partial charge in [0, 0.05) is 30.0 Å². The van der Waals surface area contributed by atoms with Gasteiger partial charge < -0.3 is 15.0 Å². The molecule has 0 radical (unpaired) electrons. The fourth-order valence-electron chi connectivity index (χ4n) is 2.77. The predicted molar refractivity (Wildman–Crippen MR) is 74.9 cm³/mol. The largest absolute Gasteiger partial charge is 0.481 e. The Morgan fingerprint density at radius 2 is 2.05 bits per heavy atom. The Hall–Kier alpha value is -2.18. The standard InChI is InChI=1S/C14H19N3O4/c1-7-5-17(6-11(7)13(19)20)12(18)4-10-8(2)15-14(21)16-9(10)3/h7,11H,4-6H2,1-3H3,(H,19,20)(H,15,16,21). The first-order valence-corrected chi connectivity index (χ1v) is 6.86. The van der Waals surface area contributed by atoms with Gasteiger partial charge >= 0.3 is 11.7 Å². The van der Waals surface area contributed by atoms with Gasteiger partial charge in [-0.15, -0.1) is 0 Å². The number of aliphatic carboxylic acids is 1. The summed E-state index contributed by atoms with van der Waals surface area (Å²) in [6.07, 6.45) is 0.126. The summed E-state index contributed by atoms with van der Waals surface area (Å²) in [6, 6.07) is 0. The first kappa shape index (κ1) is 15.2. The second-order valence-electron chi connectivity index (χ2n) is 5.63. The van der Waals surface area contributed by atoms with Crippen molar-refractivity contribution in [1.82, 2.24) is 14.9 Å². The number of carboxylic acids is 1. The van der Waals surface area contributed by atoms with E-state index in [0.717, 1.165) is 0 Å². The van der Waals surface area contributed by atoms with Crippen LogP contribution in [0.25, 0.3) is 0 Å². The number of nitrogens with one attached hydrogen (secondary N) is 1. The van der Waals surface area contributed by atoms with Crippen molar-refractivity contribution in [2.24, 2.45) is 11.8 Å². The molecule has 7 heteroatoms. The number of likely N-dealkylation sites (tertiary alicyclic amines) is 1. The van der Waals surface area contributed by atoms with E-state index in [-0.39, 0.29) is 24.8 Å². The lowest BCUT2D eigenvalue weighted by molar-refractivity contribution is -0.142. The molecule has 0 spiro atoms. The minimum absolute atomic E-state index is 0.0534. The molecular weight excluding hydrogens is 274 g/mol. The van der Waals surface area contributed by atoms with Crippen LogP contribution in [0.5, 0.6) is 0 Å². The molecule has 1 aromatic rings. The summed E-state index contributed by atoms with van der Waals surface area (Å²) < 4.78 is 0. The van der Waals surface area contributed by atoms with E-state index in [1.807, 2.05) is 6.92 Å². The van der Waals surface area contributed by atoms with Crippen molar-refractivity contribution in [3.05, 3.63) is 27.4 Å². The third kappa shape index (κ3) is 3.12. The second kappa shape index (κ2) is 5.67. The van der Waals surface area contributed by atoms with Crippen LogP contribution in [-0.2, 0) is 16.0 Å². The first-order valence-electron chi connectivity index (χ1n) is 6.86. The number of carbonyl (C=O) groups is 2. The minimum Gasteiger partial charge on any atom is -0.481 e. The molecule has 2 heterocycles. The van der Waals surface area contributed by atoms with Gasteiger partial charge in [0.25, 0.3) is 0 Å². The highest BCUT2D eigenvalue weighted by molar-refractivity contribution is 5.81. The van der Waals surface area contributed by atoms with Gasteiger partial charge in [0.05, 0.1) is 12.3 Å². The van der Waals surface area contributed by atoms with Gasteiger partial charge in [-0.05, 0) is 19.8 Å². The van der Waals surface area contributed by atoms with Gasteiger partial charge in [0.1, 0.15) is 0 Å². The number of hydrogen-bond acceptors (Lipinski definition) is 4. The number of H-pyrrole nitrogens is 1. The van der Waals surface area contributed by atoms with E-state index in [4.69, 9.17) is 5.11 Å². The Morgan fingerprint density at radius 1 is 1.38 bits per heavy atom. The maximum absolute atomic E-state index is 12.3. The normalized spacial score (nSPS) is 21.6. The smallest absolute Gasteiger partial charge is 0.345 e. The molecule has 0 aromatic carbocycles. The van der Waals surface area contributed by atoms with E-state index >= 15 is 0 Å². The van der Waals surface area contributed by atoms with Gasteiger partial charge in [0.2, 0.25) is 5.91 Å². The van der Waals surface area contributed by atoms with Crippen LogP contribution < -0.4 is 5.69 Å². The fraction of sp³-hybridized carbons (Fsp3) is 0.571. The van der Waals surface area contributed by atoms with Gasteiger partial charge in [0.15, 0.2) is 0 Å². The second-order valence-corrected chi connectivity index (χ2v) is 5.63. The van der Waals surface area contributed by atoms with E-state index in [1.54, 1.807) is 18.7 Å². The zero-order valence-electron chi connectivity index (χ0n) is 12.3. The summed E-state index contributed by atoms with van der Waals surface area (Å²) in [5.41, 5.74) is 1.43. The molecular formula is C14H19N3O4. The van der Waals surface area contributed by atoms with Crippen LogP contribution >= 0.6 is 0 Å². The molecule has 1 saturated heterocycles. The summed E-state index contributed by atoms with van der Waals surface area (Å²) in [5.74, 6) is -1.56. The molecule has 0 bridgehead atoms. The molecule has 1 aromatic heterocycles. The monoisotopic (exact) mass is 293 g/mol. The SMILES string of the molecule is Cc1nc(=O)[nH]c(C)c1CC(=O)N1CC(C)C(C(=O)O)C1. The van der Waals surface area contributed by atoms with Crippen molar-refractivity contribution in [3.8, 4) is 0 Å². The highest BCUT2D eigenvalue weighted by atomic mass is 16.4. The van der Waals surface area contributed by atoms with Gasteiger partial charge in [-0.1, -0.05) is 6.92 Å². The van der Waals surface area contributed by atoms with Gasteiger partial charge in [-0.3, -0.25) is 9.59 Å². The summed E-state index contributed by atoms with van der Waals surface area (Å²) in [6.45, 7) is 5.95. The maximum atomic E-state index is 12.3. The number of hydrogen-bond donors (Lipinski definition) is 2. The van der Waals surface area contributed by atoms with Crippen LogP contribution in [0, 0.1) is 25.7 Å². The zero-order chi connectivity index (χ0) is 15.7. The summed E-state index contributed by atoms with van der Waals surface area (Å²) in [5, 5.41) is 9.10. The molecule has 0 saturated carbocycles. The molecule has 1 fully saturated rings. The van der Waals surface area contributed by atoms with Crippen LogP contribution in [0.1, 0.15) is 23.9 Å². The number of nitrogens with zero attached hydrogens (tertiary/aromatic N) is 2. The molecule has 7 nitrogen and oxygen atoms in total. The Kier molecular flexibility index (Phi) is 4.11. The predicted octanol–water partition coefficient (Wildman–Crippen LogP) is 0.108. The topological polar surface area (TPSA) is 103 Å².